The van der Waals surface area contributed by atoms with E-state index in [9.17, 15) is 4.79 Å². The van der Waals surface area contributed by atoms with Crippen molar-refractivity contribution in [3.8, 4) is 79.0 Å². The summed E-state index contributed by atoms with van der Waals surface area (Å²) < 4.78 is 34.8. The summed E-state index contributed by atoms with van der Waals surface area (Å²) >= 11 is 0. The Morgan fingerprint density at radius 2 is 0.714 bits per heavy atom. The molecule has 12 nitrogen and oxygen atoms in total. The molecule has 8 aromatic rings. The zero-order chi connectivity index (χ0) is 48.5. The number of amides is 1. The van der Waals surface area contributed by atoms with Crippen molar-refractivity contribution in [2.45, 2.75) is 6.92 Å². The molecule has 2 aliphatic heterocycles. The SMILES string of the molecule is COc1cc(OC)cc(-c2c3nc(c(-c4cc(OC)cc(OC)c4)c4ccc([nH]4)c(-c4cc(OC)cc(OC)c4)c4nc(c(-c5ccc(NC(=O)c6ccc(C)cc6)cc5)c5ccc2[nH]5)C=C4)C=C3)c1. The number of H-pyrrole nitrogens is 2. The van der Waals surface area contributed by atoms with Gasteiger partial charge in [0.05, 0.1) is 65.4 Å². The normalized spacial score (nSPS) is 11.6. The number of ether oxygens (including phenoxy) is 6. The molecule has 0 spiro atoms. The largest absolute Gasteiger partial charge is 0.497 e. The number of aromatic nitrogens is 4. The number of rotatable bonds is 12. The maximum absolute atomic E-state index is 13.3. The molecule has 0 saturated heterocycles. The summed E-state index contributed by atoms with van der Waals surface area (Å²) in [6.45, 7) is 1.99. The lowest BCUT2D eigenvalue weighted by atomic mass is 10.0. The van der Waals surface area contributed by atoms with E-state index in [4.69, 9.17) is 38.4 Å². The molecule has 12 heteroatoms. The number of carbonyl (C=O) groups excluding carboxylic acids is 1. The van der Waals surface area contributed by atoms with E-state index >= 15 is 0 Å². The van der Waals surface area contributed by atoms with Gasteiger partial charge in [-0.25, -0.2) is 9.97 Å². The number of hydrogen-bond donors (Lipinski definition) is 3. The lowest BCUT2D eigenvalue weighted by molar-refractivity contribution is 0.102. The number of methoxy groups -OCH3 is 6. The Morgan fingerprint density at radius 3 is 1.03 bits per heavy atom. The molecule has 0 fully saturated rings. The molecule has 0 unspecified atom stereocenters. The van der Waals surface area contributed by atoms with Gasteiger partial charge in [0, 0.05) is 73.8 Å². The second-order valence-electron chi connectivity index (χ2n) is 16.7. The summed E-state index contributed by atoms with van der Waals surface area (Å²) in [5.41, 5.74) is 14.9. The van der Waals surface area contributed by atoms with Crippen LogP contribution in [0.5, 0.6) is 34.5 Å². The van der Waals surface area contributed by atoms with Gasteiger partial charge in [0.25, 0.3) is 5.91 Å². The van der Waals surface area contributed by atoms with Gasteiger partial charge in [-0.3, -0.25) is 4.79 Å². The minimum atomic E-state index is -0.194. The molecule has 348 valence electrons. The summed E-state index contributed by atoms with van der Waals surface area (Å²) in [6.07, 6.45) is 8.10. The monoisotopic (exact) mass is 927 g/mol. The predicted molar refractivity (Wildman–Crippen MR) is 279 cm³/mol. The van der Waals surface area contributed by atoms with E-state index < -0.39 is 0 Å². The standard InChI is InChI=1S/C58H49N5O7/c1-33-8-10-35(11-9-33)58(64)59-39-14-12-34(13-15-39)54-46-16-18-48(60-46)55(36-24-40(65-2)30-41(25-36)66-3)50-20-22-52(62-50)57(38-28-44(69-6)32-45(29-38)70-7)53-23-21-51(63-53)56(49-19-17-47(54)61-49)37-26-42(67-4)31-43(27-37)68-5/h8-32,60,63H,1-7H3,(H,59,64). The first-order valence-corrected chi connectivity index (χ1v) is 22.5. The Balaban J connectivity index is 1.31. The first-order valence-electron chi connectivity index (χ1n) is 22.5. The number of aryl methyl sites for hydroxylation is 1. The number of fused-ring (bicyclic) bond motifs is 8. The molecule has 3 N–H and O–H groups in total. The maximum Gasteiger partial charge on any atom is 0.255 e. The molecule has 0 saturated carbocycles. The molecule has 10 rings (SSSR count). The molecule has 1 amide bonds. The third-order valence-corrected chi connectivity index (χ3v) is 12.4. The van der Waals surface area contributed by atoms with Crippen molar-refractivity contribution < 1.29 is 33.2 Å². The van der Waals surface area contributed by atoms with Crippen molar-refractivity contribution in [3.63, 3.8) is 0 Å². The Labute approximate surface area is 404 Å². The summed E-state index contributed by atoms with van der Waals surface area (Å²) in [5, 5.41) is 3.06. The van der Waals surface area contributed by atoms with Crippen molar-refractivity contribution in [3.05, 3.63) is 161 Å². The molecular formula is C58H49N5O7. The van der Waals surface area contributed by atoms with Gasteiger partial charge < -0.3 is 43.7 Å². The number of hydrogen-bond acceptors (Lipinski definition) is 9. The van der Waals surface area contributed by atoms with Gasteiger partial charge in [0.2, 0.25) is 0 Å². The minimum Gasteiger partial charge on any atom is -0.497 e. The molecule has 0 radical (unpaired) electrons. The fourth-order valence-corrected chi connectivity index (χ4v) is 8.90. The summed E-state index contributed by atoms with van der Waals surface area (Å²) in [7, 11) is 9.82. The lowest BCUT2D eigenvalue weighted by Gasteiger charge is -2.11. The highest BCUT2D eigenvalue weighted by Gasteiger charge is 2.21. The van der Waals surface area contributed by atoms with Gasteiger partial charge in [0.15, 0.2) is 0 Å². The predicted octanol–water partition coefficient (Wildman–Crippen LogP) is 12.9. The van der Waals surface area contributed by atoms with Gasteiger partial charge in [-0.2, -0.15) is 0 Å². The smallest absolute Gasteiger partial charge is 0.255 e. The van der Waals surface area contributed by atoms with Crippen molar-refractivity contribution in [2.24, 2.45) is 0 Å². The average molecular weight is 928 g/mol. The van der Waals surface area contributed by atoms with Crippen LogP contribution in [0.4, 0.5) is 5.69 Å². The van der Waals surface area contributed by atoms with Gasteiger partial charge in [0.1, 0.15) is 34.5 Å². The highest BCUT2D eigenvalue weighted by atomic mass is 16.5. The van der Waals surface area contributed by atoms with Gasteiger partial charge in [-0.1, -0.05) is 29.8 Å². The Kier molecular flexibility index (Phi) is 12.1. The van der Waals surface area contributed by atoms with E-state index in [0.29, 0.717) is 68.5 Å². The zero-order valence-electron chi connectivity index (χ0n) is 39.7. The number of anilines is 1. The van der Waals surface area contributed by atoms with Crippen LogP contribution in [-0.4, -0.2) is 68.5 Å². The Bertz CT molecular complexity index is 3450. The molecule has 2 aliphatic rings. The van der Waals surface area contributed by atoms with E-state index in [-0.39, 0.29) is 5.91 Å². The van der Waals surface area contributed by atoms with Crippen molar-refractivity contribution in [1.29, 1.82) is 0 Å². The van der Waals surface area contributed by atoms with Crippen LogP contribution in [0.3, 0.4) is 0 Å². The van der Waals surface area contributed by atoms with Crippen LogP contribution in [0.1, 0.15) is 38.7 Å². The number of benzene rings is 5. The molecule has 70 heavy (non-hydrogen) atoms. The van der Waals surface area contributed by atoms with E-state index in [1.807, 2.05) is 134 Å². The third kappa shape index (κ3) is 8.69. The second kappa shape index (κ2) is 18.9. The number of carbonyl (C=O) groups is 1. The Hall–Kier alpha value is -9.03. The molecule has 5 aromatic carbocycles. The fourth-order valence-electron chi connectivity index (χ4n) is 8.90. The zero-order valence-corrected chi connectivity index (χ0v) is 39.7. The van der Waals surface area contributed by atoms with Crippen molar-refractivity contribution in [2.75, 3.05) is 48.0 Å². The van der Waals surface area contributed by atoms with Gasteiger partial charge >= 0.3 is 0 Å². The Morgan fingerprint density at radius 1 is 0.400 bits per heavy atom. The third-order valence-electron chi connectivity index (χ3n) is 12.4. The second-order valence-corrected chi connectivity index (χ2v) is 16.7. The van der Waals surface area contributed by atoms with E-state index in [1.54, 1.807) is 42.7 Å². The van der Waals surface area contributed by atoms with Crippen LogP contribution in [0.2, 0.25) is 0 Å². The molecule has 0 aliphatic carbocycles. The molecule has 8 bridgehead atoms. The van der Waals surface area contributed by atoms with Crippen LogP contribution < -0.4 is 33.7 Å². The topological polar surface area (TPSA) is 142 Å². The summed E-state index contributed by atoms with van der Waals surface area (Å²) in [5.74, 6) is 3.55. The first kappa shape index (κ1) is 44.8. The quantitative estimate of drug-likeness (QED) is 0.109. The highest BCUT2D eigenvalue weighted by molar-refractivity contribution is 6.05. The van der Waals surface area contributed by atoms with E-state index in [2.05, 4.69) is 39.6 Å². The van der Waals surface area contributed by atoms with Crippen LogP contribution in [0.15, 0.2) is 127 Å². The lowest BCUT2D eigenvalue weighted by Crippen LogP contribution is -2.11. The van der Waals surface area contributed by atoms with Crippen LogP contribution >= 0.6 is 0 Å². The number of nitrogens with zero attached hydrogens (tertiary/aromatic N) is 2. The van der Waals surface area contributed by atoms with E-state index in [1.165, 1.54) is 0 Å². The minimum absolute atomic E-state index is 0.194. The molecule has 5 heterocycles. The van der Waals surface area contributed by atoms with Crippen LogP contribution in [-0.2, 0) is 0 Å². The summed E-state index contributed by atoms with van der Waals surface area (Å²) in [6, 6.07) is 40.9. The molecule has 0 atom stereocenters. The summed E-state index contributed by atoms with van der Waals surface area (Å²) in [4.78, 5) is 31.8. The van der Waals surface area contributed by atoms with Crippen molar-refractivity contribution >= 4 is 58.0 Å². The van der Waals surface area contributed by atoms with Gasteiger partial charge in [-0.15, -0.1) is 0 Å². The highest BCUT2D eigenvalue weighted by Crippen LogP contribution is 2.42. The number of aromatic amines is 2. The molecular weight excluding hydrogens is 879 g/mol. The molecule has 3 aromatic heterocycles. The van der Waals surface area contributed by atoms with Gasteiger partial charge in [-0.05, 0) is 138 Å². The van der Waals surface area contributed by atoms with Crippen LogP contribution in [0.25, 0.3) is 90.9 Å². The first-order chi connectivity index (χ1) is 34.1. The average Bonchev–Trinajstić information content (AvgIpc) is 4.25. The van der Waals surface area contributed by atoms with Crippen LogP contribution in [0, 0.1) is 6.92 Å². The fraction of sp³-hybridized carbons (Fsp3) is 0.121. The van der Waals surface area contributed by atoms with Crippen molar-refractivity contribution in [1.82, 2.24) is 19.9 Å². The maximum atomic E-state index is 13.3. The number of nitrogens with one attached hydrogen (secondary N) is 3. The van der Waals surface area contributed by atoms with E-state index in [0.717, 1.165) is 72.1 Å².